The minimum atomic E-state index is 0.261. The summed E-state index contributed by atoms with van der Waals surface area (Å²) in [6, 6.07) is 16.3. The Bertz CT molecular complexity index is 604. The molecule has 0 spiro atoms. The summed E-state index contributed by atoms with van der Waals surface area (Å²) in [4.78, 5) is 0. The molecule has 4 rings (SSSR count). The predicted molar refractivity (Wildman–Crippen MR) is 86.2 cm³/mol. The average Bonchev–Trinajstić information content (AvgIpc) is 3.48. The van der Waals surface area contributed by atoms with Crippen LogP contribution in [0.1, 0.15) is 11.1 Å². The van der Waals surface area contributed by atoms with E-state index in [1.807, 2.05) is 36.4 Å². The normalized spacial score (nSPS) is 21.7. The van der Waals surface area contributed by atoms with Crippen LogP contribution in [0.2, 0.25) is 0 Å². The number of rotatable bonds is 8. The fraction of sp³-hybridized carbons (Fsp3) is 0.368. The van der Waals surface area contributed by atoms with Crippen molar-refractivity contribution in [3.63, 3.8) is 0 Å². The van der Waals surface area contributed by atoms with Gasteiger partial charge in [0.05, 0.1) is 13.2 Å². The Balaban J connectivity index is 1.48. The number of hydrogen-bond donors (Lipinski definition) is 0. The van der Waals surface area contributed by atoms with Gasteiger partial charge in [-0.3, -0.25) is 0 Å². The lowest BCUT2D eigenvalue weighted by molar-refractivity contribution is 0.259. The average molecular weight is 312 g/mol. The molecule has 4 heteroatoms. The van der Waals surface area contributed by atoms with Crippen LogP contribution in [-0.4, -0.2) is 38.6 Å². The SMILES string of the molecule is c1ccc(OCC2CO2)c(Cc2ccccc2OCC2CO2)c1. The molecule has 0 N–H and O–H groups in total. The first-order valence-electron chi connectivity index (χ1n) is 8.03. The van der Waals surface area contributed by atoms with Gasteiger partial charge >= 0.3 is 0 Å². The molecule has 2 heterocycles. The quantitative estimate of drug-likeness (QED) is 0.703. The van der Waals surface area contributed by atoms with Crippen molar-refractivity contribution in [2.24, 2.45) is 0 Å². The van der Waals surface area contributed by atoms with E-state index in [0.717, 1.165) is 42.3 Å². The Kier molecular flexibility index (Phi) is 4.18. The molecule has 2 aromatic carbocycles. The van der Waals surface area contributed by atoms with E-state index in [0.29, 0.717) is 13.2 Å². The van der Waals surface area contributed by atoms with E-state index >= 15 is 0 Å². The van der Waals surface area contributed by atoms with Gasteiger partial charge in [0.15, 0.2) is 0 Å². The van der Waals surface area contributed by atoms with Crippen LogP contribution >= 0.6 is 0 Å². The molecule has 0 aromatic heterocycles. The Morgan fingerprint density at radius 2 is 1.17 bits per heavy atom. The van der Waals surface area contributed by atoms with Gasteiger partial charge in [-0.25, -0.2) is 0 Å². The first-order chi connectivity index (χ1) is 11.4. The smallest absolute Gasteiger partial charge is 0.122 e. The lowest BCUT2D eigenvalue weighted by Gasteiger charge is -2.13. The van der Waals surface area contributed by atoms with E-state index < -0.39 is 0 Å². The third kappa shape index (κ3) is 4.03. The third-order valence-electron chi connectivity index (χ3n) is 3.98. The largest absolute Gasteiger partial charge is 0.490 e. The second kappa shape index (κ2) is 6.60. The van der Waals surface area contributed by atoms with Crippen molar-refractivity contribution in [1.29, 1.82) is 0 Å². The third-order valence-corrected chi connectivity index (χ3v) is 3.98. The summed E-state index contributed by atoms with van der Waals surface area (Å²) in [7, 11) is 0. The highest BCUT2D eigenvalue weighted by molar-refractivity contribution is 5.42. The number of benzene rings is 2. The van der Waals surface area contributed by atoms with Crippen molar-refractivity contribution in [3.05, 3.63) is 59.7 Å². The molecular formula is C19H20O4. The summed E-state index contributed by atoms with van der Waals surface area (Å²) >= 11 is 0. The summed E-state index contributed by atoms with van der Waals surface area (Å²) in [5.74, 6) is 1.84. The molecule has 0 saturated carbocycles. The minimum Gasteiger partial charge on any atom is -0.490 e. The molecule has 2 aliphatic rings. The van der Waals surface area contributed by atoms with Gasteiger partial charge in [0.1, 0.15) is 36.9 Å². The zero-order valence-electron chi connectivity index (χ0n) is 12.9. The Hall–Kier alpha value is -2.04. The number of para-hydroxylation sites is 2. The van der Waals surface area contributed by atoms with Gasteiger partial charge in [0.2, 0.25) is 0 Å². The highest BCUT2D eigenvalue weighted by atomic mass is 16.6. The van der Waals surface area contributed by atoms with Crippen LogP contribution in [0.4, 0.5) is 0 Å². The summed E-state index contributed by atoms with van der Waals surface area (Å²) in [6.07, 6.45) is 1.30. The number of hydrogen-bond acceptors (Lipinski definition) is 4. The Morgan fingerprint density at radius 1 is 0.739 bits per heavy atom. The van der Waals surface area contributed by atoms with Crippen molar-refractivity contribution in [2.75, 3.05) is 26.4 Å². The summed E-state index contributed by atoms with van der Waals surface area (Å²) < 4.78 is 22.2. The maximum atomic E-state index is 5.90. The second-order valence-corrected chi connectivity index (χ2v) is 5.92. The summed E-state index contributed by atoms with van der Waals surface area (Å²) in [6.45, 7) is 2.85. The molecule has 2 saturated heterocycles. The first kappa shape index (κ1) is 14.5. The lowest BCUT2D eigenvalue weighted by atomic mass is 10.0. The van der Waals surface area contributed by atoms with Crippen molar-refractivity contribution >= 4 is 0 Å². The molecule has 2 fully saturated rings. The molecule has 0 radical (unpaired) electrons. The fourth-order valence-electron chi connectivity index (χ4n) is 2.48. The van der Waals surface area contributed by atoms with Gasteiger partial charge in [-0.2, -0.15) is 0 Å². The minimum absolute atomic E-state index is 0.261. The van der Waals surface area contributed by atoms with Crippen molar-refractivity contribution in [1.82, 2.24) is 0 Å². The molecule has 0 bridgehead atoms. The van der Waals surface area contributed by atoms with Crippen molar-refractivity contribution in [2.45, 2.75) is 18.6 Å². The van der Waals surface area contributed by atoms with E-state index in [2.05, 4.69) is 12.1 Å². The van der Waals surface area contributed by atoms with Gasteiger partial charge in [0, 0.05) is 6.42 Å². The predicted octanol–water partition coefficient (Wildman–Crippen LogP) is 2.83. The van der Waals surface area contributed by atoms with Crippen LogP contribution in [0.25, 0.3) is 0 Å². The van der Waals surface area contributed by atoms with Gasteiger partial charge in [-0.05, 0) is 23.3 Å². The summed E-state index contributed by atoms with van der Waals surface area (Å²) in [5.41, 5.74) is 2.32. The van der Waals surface area contributed by atoms with Crippen LogP contribution in [0.3, 0.4) is 0 Å². The van der Waals surface area contributed by atoms with E-state index in [1.54, 1.807) is 0 Å². The van der Waals surface area contributed by atoms with E-state index in [-0.39, 0.29) is 12.2 Å². The molecule has 23 heavy (non-hydrogen) atoms. The Morgan fingerprint density at radius 3 is 1.61 bits per heavy atom. The number of ether oxygens (including phenoxy) is 4. The molecule has 2 atom stereocenters. The highest BCUT2D eigenvalue weighted by Crippen LogP contribution is 2.27. The van der Waals surface area contributed by atoms with Gasteiger partial charge < -0.3 is 18.9 Å². The van der Waals surface area contributed by atoms with Crippen LogP contribution in [0, 0.1) is 0 Å². The van der Waals surface area contributed by atoms with Crippen LogP contribution < -0.4 is 9.47 Å². The Labute approximate surface area is 135 Å². The standard InChI is InChI=1S/C19H20O4/c1-3-7-18(22-12-16-10-20-16)14(5-1)9-15-6-2-4-8-19(15)23-13-17-11-21-17/h1-8,16-17H,9-13H2. The van der Waals surface area contributed by atoms with Gasteiger partial charge in [-0.1, -0.05) is 36.4 Å². The molecule has 0 amide bonds. The maximum Gasteiger partial charge on any atom is 0.122 e. The monoisotopic (exact) mass is 312 g/mol. The molecular weight excluding hydrogens is 292 g/mol. The van der Waals surface area contributed by atoms with Crippen molar-refractivity contribution < 1.29 is 18.9 Å². The highest BCUT2D eigenvalue weighted by Gasteiger charge is 2.24. The van der Waals surface area contributed by atoms with E-state index in [1.165, 1.54) is 0 Å². The molecule has 4 nitrogen and oxygen atoms in total. The van der Waals surface area contributed by atoms with Crippen LogP contribution in [0.15, 0.2) is 48.5 Å². The topological polar surface area (TPSA) is 43.5 Å². The number of epoxide rings is 2. The van der Waals surface area contributed by atoms with E-state index in [4.69, 9.17) is 18.9 Å². The zero-order valence-corrected chi connectivity index (χ0v) is 12.9. The molecule has 2 unspecified atom stereocenters. The van der Waals surface area contributed by atoms with Crippen molar-refractivity contribution in [3.8, 4) is 11.5 Å². The summed E-state index contributed by atoms with van der Waals surface area (Å²) in [5, 5.41) is 0. The molecule has 2 aliphatic heterocycles. The lowest BCUT2D eigenvalue weighted by Crippen LogP contribution is -2.08. The van der Waals surface area contributed by atoms with Gasteiger partial charge in [-0.15, -0.1) is 0 Å². The molecule has 0 aliphatic carbocycles. The van der Waals surface area contributed by atoms with Crippen LogP contribution in [-0.2, 0) is 15.9 Å². The molecule has 2 aromatic rings. The van der Waals surface area contributed by atoms with Crippen LogP contribution in [0.5, 0.6) is 11.5 Å². The maximum absolute atomic E-state index is 5.90. The van der Waals surface area contributed by atoms with E-state index in [9.17, 15) is 0 Å². The first-order valence-corrected chi connectivity index (χ1v) is 8.03. The zero-order chi connectivity index (χ0) is 15.5. The fourth-order valence-corrected chi connectivity index (χ4v) is 2.48. The molecule has 120 valence electrons. The van der Waals surface area contributed by atoms with Gasteiger partial charge in [0.25, 0.3) is 0 Å². The second-order valence-electron chi connectivity index (χ2n) is 5.92.